The largest absolute Gasteiger partial charge is 0.497 e. The number of aliphatic hydroxyl groups is 2. The minimum atomic E-state index is -1.36. The number of carbonyl (C=O) groups is 2. The first-order valence-electron chi connectivity index (χ1n) is 13.6. The van der Waals surface area contributed by atoms with Gasteiger partial charge >= 0.3 is 6.09 Å². The van der Waals surface area contributed by atoms with Crippen molar-refractivity contribution in [3.63, 3.8) is 0 Å². The Balaban J connectivity index is 1.89. The summed E-state index contributed by atoms with van der Waals surface area (Å²) in [7, 11) is 1.58. The second kappa shape index (κ2) is 15.2. The molecule has 0 saturated carbocycles. The fourth-order valence-corrected chi connectivity index (χ4v) is 4.34. The first-order chi connectivity index (χ1) is 19.6. The Morgan fingerprint density at radius 1 is 0.854 bits per heavy atom. The monoisotopic (exact) mass is 563 g/mol. The second-order valence-electron chi connectivity index (χ2n) is 10.8. The standard InChI is InChI=1S/C32H41N3O6/c1-32(2,3)41-31(39)35-26(19-22-11-7-5-8-12-22)29(37)28(33-20-23-15-17-25(40-4)18-16-23)30(38)34-27(21-36)24-13-9-6-10-14-24/h5-18,26-29,33,36-37H,19-21H2,1-4H3,(H,34,38)(H,35,39)/t26-,27+,28+,29+/m0/s1. The predicted molar refractivity (Wildman–Crippen MR) is 157 cm³/mol. The van der Waals surface area contributed by atoms with Crippen LogP contribution in [0.25, 0.3) is 0 Å². The maximum atomic E-state index is 13.7. The van der Waals surface area contributed by atoms with Crippen LogP contribution in [-0.2, 0) is 22.5 Å². The van der Waals surface area contributed by atoms with E-state index in [-0.39, 0.29) is 19.6 Å². The van der Waals surface area contributed by atoms with Gasteiger partial charge < -0.3 is 30.3 Å². The number of carbonyl (C=O) groups excluding carboxylic acids is 2. The number of hydrogen-bond donors (Lipinski definition) is 5. The third-order valence-electron chi connectivity index (χ3n) is 6.42. The number of ether oxygens (including phenoxy) is 2. The molecule has 0 aliphatic heterocycles. The summed E-state index contributed by atoms with van der Waals surface area (Å²) in [6.07, 6.45) is -1.82. The van der Waals surface area contributed by atoms with Crippen molar-refractivity contribution in [2.45, 2.75) is 63.6 Å². The molecular weight excluding hydrogens is 522 g/mol. The summed E-state index contributed by atoms with van der Waals surface area (Å²) in [5.41, 5.74) is 1.69. The van der Waals surface area contributed by atoms with Crippen LogP contribution in [-0.4, -0.2) is 59.7 Å². The predicted octanol–water partition coefficient (Wildman–Crippen LogP) is 3.50. The Kier molecular flexibility index (Phi) is 11.7. The van der Waals surface area contributed by atoms with Crippen LogP contribution in [0.2, 0.25) is 0 Å². The lowest BCUT2D eigenvalue weighted by molar-refractivity contribution is -0.127. The van der Waals surface area contributed by atoms with E-state index in [1.54, 1.807) is 40.0 Å². The highest BCUT2D eigenvalue weighted by molar-refractivity contribution is 5.83. The van der Waals surface area contributed by atoms with Crippen LogP contribution in [0.1, 0.15) is 43.5 Å². The lowest BCUT2D eigenvalue weighted by Gasteiger charge is -2.32. The molecule has 0 radical (unpaired) electrons. The van der Waals surface area contributed by atoms with Gasteiger partial charge in [0.05, 0.1) is 31.9 Å². The zero-order valence-corrected chi connectivity index (χ0v) is 24.0. The molecule has 0 heterocycles. The number of hydrogen-bond acceptors (Lipinski definition) is 7. The minimum Gasteiger partial charge on any atom is -0.497 e. The van der Waals surface area contributed by atoms with Crippen LogP contribution in [0, 0.1) is 0 Å². The summed E-state index contributed by atoms with van der Waals surface area (Å²) in [6.45, 7) is 5.17. The summed E-state index contributed by atoms with van der Waals surface area (Å²) >= 11 is 0. The Hall–Kier alpha value is -3.92. The zero-order chi connectivity index (χ0) is 29.8. The third-order valence-corrected chi connectivity index (χ3v) is 6.42. The first kappa shape index (κ1) is 31.6. The van der Waals surface area contributed by atoms with Crippen molar-refractivity contribution < 1.29 is 29.3 Å². The van der Waals surface area contributed by atoms with Crippen LogP contribution in [0.4, 0.5) is 4.79 Å². The molecule has 41 heavy (non-hydrogen) atoms. The second-order valence-corrected chi connectivity index (χ2v) is 10.8. The summed E-state index contributed by atoms with van der Waals surface area (Å²) in [5.74, 6) is 0.166. The maximum Gasteiger partial charge on any atom is 0.407 e. The van der Waals surface area contributed by atoms with Gasteiger partial charge in [0.1, 0.15) is 17.4 Å². The maximum absolute atomic E-state index is 13.7. The van der Waals surface area contributed by atoms with Crippen LogP contribution < -0.4 is 20.7 Å². The van der Waals surface area contributed by atoms with E-state index < -0.39 is 41.8 Å². The number of rotatable bonds is 13. The van der Waals surface area contributed by atoms with Gasteiger partial charge in [0.2, 0.25) is 5.91 Å². The molecule has 3 aromatic rings. The van der Waals surface area contributed by atoms with Crippen molar-refractivity contribution in [2.24, 2.45) is 0 Å². The van der Waals surface area contributed by atoms with Crippen LogP contribution in [0.15, 0.2) is 84.9 Å². The van der Waals surface area contributed by atoms with E-state index in [0.717, 1.165) is 16.7 Å². The zero-order valence-electron chi connectivity index (χ0n) is 24.0. The van der Waals surface area contributed by atoms with Gasteiger partial charge in [-0.2, -0.15) is 0 Å². The lowest BCUT2D eigenvalue weighted by atomic mass is 9.95. The number of benzene rings is 3. The van der Waals surface area contributed by atoms with E-state index in [0.29, 0.717) is 5.75 Å². The molecule has 0 aromatic heterocycles. The molecule has 220 valence electrons. The van der Waals surface area contributed by atoms with Crippen molar-refractivity contribution in [2.75, 3.05) is 13.7 Å². The molecule has 3 aromatic carbocycles. The first-order valence-corrected chi connectivity index (χ1v) is 13.6. The Labute approximate surface area is 241 Å². The van der Waals surface area contributed by atoms with Gasteiger partial charge in [-0.1, -0.05) is 72.8 Å². The summed E-state index contributed by atoms with van der Waals surface area (Å²) < 4.78 is 10.7. The molecule has 0 fully saturated rings. The van der Waals surface area contributed by atoms with Crippen molar-refractivity contribution >= 4 is 12.0 Å². The molecule has 0 saturated heterocycles. The quantitative estimate of drug-likeness (QED) is 0.215. The average Bonchev–Trinajstić information content (AvgIpc) is 2.96. The number of aliphatic hydroxyl groups excluding tert-OH is 2. The summed E-state index contributed by atoms with van der Waals surface area (Å²) in [5, 5.41) is 30.5. The highest BCUT2D eigenvalue weighted by Crippen LogP contribution is 2.17. The van der Waals surface area contributed by atoms with E-state index in [9.17, 15) is 19.8 Å². The van der Waals surface area contributed by atoms with E-state index in [4.69, 9.17) is 9.47 Å². The summed E-state index contributed by atoms with van der Waals surface area (Å²) in [4.78, 5) is 26.5. The van der Waals surface area contributed by atoms with Crippen LogP contribution in [0.3, 0.4) is 0 Å². The number of alkyl carbamates (subject to hydrolysis) is 1. The molecule has 3 rings (SSSR count). The lowest BCUT2D eigenvalue weighted by Crippen LogP contribution is -2.59. The number of nitrogens with one attached hydrogen (secondary N) is 3. The molecule has 5 N–H and O–H groups in total. The molecule has 0 unspecified atom stereocenters. The van der Waals surface area contributed by atoms with Crippen molar-refractivity contribution in [3.8, 4) is 5.75 Å². The fourth-order valence-electron chi connectivity index (χ4n) is 4.34. The van der Waals surface area contributed by atoms with E-state index in [1.807, 2.05) is 72.8 Å². The highest BCUT2D eigenvalue weighted by atomic mass is 16.6. The van der Waals surface area contributed by atoms with Crippen molar-refractivity contribution in [1.29, 1.82) is 0 Å². The van der Waals surface area contributed by atoms with Gasteiger partial charge in [-0.25, -0.2) is 4.79 Å². The molecule has 0 aliphatic carbocycles. The molecule has 9 heteroatoms. The van der Waals surface area contributed by atoms with Crippen molar-refractivity contribution in [1.82, 2.24) is 16.0 Å². The van der Waals surface area contributed by atoms with Gasteiger partial charge in [0.15, 0.2) is 0 Å². The molecular formula is C32H41N3O6. The fraction of sp³-hybridized carbons (Fsp3) is 0.375. The van der Waals surface area contributed by atoms with Gasteiger partial charge in [-0.15, -0.1) is 0 Å². The van der Waals surface area contributed by atoms with Gasteiger partial charge in [0.25, 0.3) is 0 Å². The minimum absolute atomic E-state index is 0.247. The van der Waals surface area contributed by atoms with Crippen molar-refractivity contribution in [3.05, 3.63) is 102 Å². The van der Waals surface area contributed by atoms with Crippen LogP contribution in [0.5, 0.6) is 5.75 Å². The molecule has 0 bridgehead atoms. The highest BCUT2D eigenvalue weighted by Gasteiger charge is 2.35. The van der Waals surface area contributed by atoms with Gasteiger partial charge in [-0.05, 0) is 56.0 Å². The van der Waals surface area contributed by atoms with E-state index in [2.05, 4.69) is 16.0 Å². The van der Waals surface area contributed by atoms with Gasteiger partial charge in [-0.3, -0.25) is 10.1 Å². The van der Waals surface area contributed by atoms with E-state index in [1.165, 1.54) is 0 Å². The molecule has 4 atom stereocenters. The number of methoxy groups -OCH3 is 1. The molecule has 0 aliphatic rings. The average molecular weight is 564 g/mol. The molecule has 2 amide bonds. The Bertz CT molecular complexity index is 1220. The third kappa shape index (κ3) is 10.2. The SMILES string of the molecule is COc1ccc(CN[C@@H](C(=O)N[C@H](CO)c2ccccc2)[C@H](O)[C@H](Cc2ccccc2)NC(=O)OC(C)(C)C)cc1. The van der Waals surface area contributed by atoms with E-state index >= 15 is 0 Å². The normalized spacial score (nSPS) is 14.3. The summed E-state index contributed by atoms with van der Waals surface area (Å²) in [6, 6.07) is 23.1. The Morgan fingerprint density at radius 2 is 1.46 bits per heavy atom. The topological polar surface area (TPSA) is 129 Å². The Morgan fingerprint density at radius 3 is 2.02 bits per heavy atom. The smallest absolute Gasteiger partial charge is 0.407 e. The van der Waals surface area contributed by atoms with Crippen LogP contribution >= 0.6 is 0 Å². The molecule has 0 spiro atoms. The molecule has 9 nitrogen and oxygen atoms in total. The number of amides is 2. The van der Waals surface area contributed by atoms with Gasteiger partial charge in [0, 0.05) is 6.54 Å².